The molecule has 4 nitrogen and oxygen atoms in total. The third kappa shape index (κ3) is 3.42. The summed E-state index contributed by atoms with van der Waals surface area (Å²) in [6, 6.07) is 12.5. The first kappa shape index (κ1) is 14.9. The Kier molecular flexibility index (Phi) is 4.14. The predicted molar refractivity (Wildman–Crippen MR) is 82.0 cm³/mol. The molecule has 0 aliphatic heterocycles. The van der Waals surface area contributed by atoms with Crippen LogP contribution in [0.15, 0.2) is 59.9 Å². The first-order valence-corrected chi connectivity index (χ1v) is 6.85. The van der Waals surface area contributed by atoms with Crippen LogP contribution in [0.1, 0.15) is 5.56 Å². The Bertz CT molecular complexity index is 887. The fourth-order valence-corrected chi connectivity index (χ4v) is 2.19. The second-order valence-electron chi connectivity index (χ2n) is 4.87. The summed E-state index contributed by atoms with van der Waals surface area (Å²) < 4.78 is 27.9. The number of benzene rings is 2. The molecule has 0 fully saturated rings. The molecular weight excluding hydrogens is 302 g/mol. The standard InChI is InChI=1S/C17H12F2N2O2/c18-14-6-5-13(15(19)9-14)10-20-23-17(22)11-21-8-7-12-3-1-2-4-16(12)21/h1-10H,11H2. The van der Waals surface area contributed by atoms with Crippen LogP contribution in [0.4, 0.5) is 8.78 Å². The Labute approximate surface area is 130 Å². The van der Waals surface area contributed by atoms with Crippen molar-refractivity contribution < 1.29 is 18.4 Å². The average molecular weight is 314 g/mol. The summed E-state index contributed by atoms with van der Waals surface area (Å²) in [6.45, 7) is -0.0171. The third-order valence-electron chi connectivity index (χ3n) is 3.29. The maximum absolute atomic E-state index is 13.4. The minimum Gasteiger partial charge on any atom is -0.336 e. The molecule has 1 aromatic heterocycles. The van der Waals surface area contributed by atoms with Crippen LogP contribution in [-0.4, -0.2) is 16.8 Å². The summed E-state index contributed by atoms with van der Waals surface area (Å²) in [5, 5.41) is 4.45. The molecule has 3 aromatic rings. The van der Waals surface area contributed by atoms with E-state index in [0.717, 1.165) is 29.3 Å². The normalized spacial score (nSPS) is 11.2. The highest BCUT2D eigenvalue weighted by atomic mass is 19.1. The highest BCUT2D eigenvalue weighted by Crippen LogP contribution is 2.15. The monoisotopic (exact) mass is 314 g/mol. The SMILES string of the molecule is O=C(Cn1ccc2ccccc21)ON=Cc1ccc(F)cc1F. The first-order valence-electron chi connectivity index (χ1n) is 6.85. The number of hydrogen-bond acceptors (Lipinski definition) is 3. The van der Waals surface area contributed by atoms with Crippen molar-refractivity contribution in [2.75, 3.05) is 0 Å². The number of carbonyl (C=O) groups excluding carboxylic acids is 1. The van der Waals surface area contributed by atoms with Gasteiger partial charge in [-0.05, 0) is 29.7 Å². The molecule has 0 N–H and O–H groups in total. The lowest BCUT2D eigenvalue weighted by atomic mass is 10.2. The molecule has 0 bridgehead atoms. The first-order chi connectivity index (χ1) is 11.1. The predicted octanol–water partition coefficient (Wildman–Crippen LogP) is 3.50. The number of rotatable bonds is 4. The minimum absolute atomic E-state index is 0.0171. The molecule has 0 spiro atoms. The molecule has 0 saturated heterocycles. The Hall–Kier alpha value is -3.02. The highest BCUT2D eigenvalue weighted by Gasteiger charge is 2.07. The van der Waals surface area contributed by atoms with Crippen LogP contribution in [0.3, 0.4) is 0 Å². The van der Waals surface area contributed by atoms with Gasteiger partial charge in [-0.3, -0.25) is 0 Å². The summed E-state index contributed by atoms with van der Waals surface area (Å²) in [5.74, 6) is -2.05. The Morgan fingerprint density at radius 2 is 2.00 bits per heavy atom. The van der Waals surface area contributed by atoms with Gasteiger partial charge in [0.05, 0.1) is 6.21 Å². The van der Waals surface area contributed by atoms with E-state index in [0.29, 0.717) is 0 Å². The van der Waals surface area contributed by atoms with Gasteiger partial charge in [-0.1, -0.05) is 23.4 Å². The van der Waals surface area contributed by atoms with Crippen LogP contribution >= 0.6 is 0 Å². The van der Waals surface area contributed by atoms with Crippen LogP contribution in [0.2, 0.25) is 0 Å². The summed E-state index contributed by atoms with van der Waals surface area (Å²) in [5.41, 5.74) is 0.934. The molecule has 0 saturated carbocycles. The molecule has 23 heavy (non-hydrogen) atoms. The minimum atomic E-state index is -0.777. The molecule has 0 amide bonds. The van der Waals surface area contributed by atoms with Crippen molar-refractivity contribution in [2.24, 2.45) is 5.16 Å². The lowest BCUT2D eigenvalue weighted by molar-refractivity contribution is -0.144. The molecule has 116 valence electrons. The molecule has 0 aliphatic rings. The second kappa shape index (κ2) is 6.39. The third-order valence-corrected chi connectivity index (χ3v) is 3.29. The number of aromatic nitrogens is 1. The van der Waals surface area contributed by atoms with Crippen molar-refractivity contribution in [2.45, 2.75) is 6.54 Å². The van der Waals surface area contributed by atoms with Crippen molar-refractivity contribution in [3.63, 3.8) is 0 Å². The molecule has 0 atom stereocenters. The van der Waals surface area contributed by atoms with Gasteiger partial charge in [0.2, 0.25) is 0 Å². The molecule has 0 unspecified atom stereocenters. The van der Waals surface area contributed by atoms with Gasteiger partial charge in [0, 0.05) is 23.3 Å². The summed E-state index contributed by atoms with van der Waals surface area (Å²) in [4.78, 5) is 16.5. The van der Waals surface area contributed by atoms with E-state index in [1.54, 1.807) is 10.8 Å². The molecule has 2 aromatic carbocycles. The number of nitrogens with zero attached hydrogens (tertiary/aromatic N) is 2. The van der Waals surface area contributed by atoms with Crippen LogP contribution < -0.4 is 0 Å². The van der Waals surface area contributed by atoms with E-state index < -0.39 is 17.6 Å². The molecule has 0 aliphatic carbocycles. The number of hydrogen-bond donors (Lipinski definition) is 0. The van der Waals surface area contributed by atoms with Gasteiger partial charge in [0.15, 0.2) is 0 Å². The fraction of sp³-hybridized carbons (Fsp3) is 0.0588. The lowest BCUT2D eigenvalue weighted by Gasteiger charge is -2.02. The number of halogens is 2. The summed E-state index contributed by atoms with van der Waals surface area (Å²) >= 11 is 0. The topological polar surface area (TPSA) is 43.6 Å². The van der Waals surface area contributed by atoms with Crippen LogP contribution in [-0.2, 0) is 16.2 Å². The van der Waals surface area contributed by atoms with Gasteiger partial charge in [-0.25, -0.2) is 13.6 Å². The van der Waals surface area contributed by atoms with E-state index >= 15 is 0 Å². The van der Waals surface area contributed by atoms with Gasteiger partial charge < -0.3 is 9.40 Å². The zero-order chi connectivity index (χ0) is 16.2. The van der Waals surface area contributed by atoms with Crippen LogP contribution in [0.25, 0.3) is 10.9 Å². The maximum Gasteiger partial charge on any atom is 0.354 e. The Balaban J connectivity index is 1.64. The van der Waals surface area contributed by atoms with E-state index in [4.69, 9.17) is 4.84 Å². The quantitative estimate of drug-likeness (QED) is 0.420. The summed E-state index contributed by atoms with van der Waals surface area (Å²) in [7, 11) is 0. The smallest absolute Gasteiger partial charge is 0.336 e. The van der Waals surface area contributed by atoms with Gasteiger partial charge in [0.1, 0.15) is 18.2 Å². The summed E-state index contributed by atoms with van der Waals surface area (Å²) in [6.07, 6.45) is 2.80. The molecule has 1 heterocycles. The molecular formula is C17H12F2N2O2. The maximum atomic E-state index is 13.4. The Morgan fingerprint density at radius 1 is 1.17 bits per heavy atom. The Morgan fingerprint density at radius 3 is 2.83 bits per heavy atom. The van der Waals surface area contributed by atoms with Crippen molar-refractivity contribution in [3.05, 3.63) is 71.9 Å². The van der Waals surface area contributed by atoms with E-state index in [-0.39, 0.29) is 12.1 Å². The van der Waals surface area contributed by atoms with E-state index in [1.807, 2.05) is 30.3 Å². The number of para-hydroxylation sites is 1. The van der Waals surface area contributed by atoms with Crippen molar-refractivity contribution >= 4 is 23.1 Å². The zero-order valence-corrected chi connectivity index (χ0v) is 11.9. The lowest BCUT2D eigenvalue weighted by Crippen LogP contribution is -2.10. The van der Waals surface area contributed by atoms with Gasteiger partial charge in [0.25, 0.3) is 0 Å². The molecule has 6 heteroatoms. The van der Waals surface area contributed by atoms with Gasteiger partial charge >= 0.3 is 5.97 Å². The van der Waals surface area contributed by atoms with Gasteiger partial charge in [-0.15, -0.1) is 0 Å². The van der Waals surface area contributed by atoms with Crippen molar-refractivity contribution in [1.29, 1.82) is 0 Å². The van der Waals surface area contributed by atoms with Crippen molar-refractivity contribution in [3.8, 4) is 0 Å². The second-order valence-corrected chi connectivity index (χ2v) is 4.87. The molecule has 0 radical (unpaired) electrons. The molecule has 3 rings (SSSR count). The number of fused-ring (bicyclic) bond motifs is 1. The number of oxime groups is 1. The fourth-order valence-electron chi connectivity index (χ4n) is 2.19. The van der Waals surface area contributed by atoms with Crippen LogP contribution in [0, 0.1) is 11.6 Å². The van der Waals surface area contributed by atoms with Gasteiger partial charge in [-0.2, -0.15) is 0 Å². The van der Waals surface area contributed by atoms with Crippen LogP contribution in [0.5, 0.6) is 0 Å². The van der Waals surface area contributed by atoms with E-state index in [2.05, 4.69) is 5.16 Å². The zero-order valence-electron chi connectivity index (χ0n) is 11.9. The number of carbonyl (C=O) groups is 1. The van der Waals surface area contributed by atoms with E-state index in [1.165, 1.54) is 6.07 Å². The largest absolute Gasteiger partial charge is 0.354 e. The van der Waals surface area contributed by atoms with Crippen molar-refractivity contribution in [1.82, 2.24) is 4.57 Å². The highest BCUT2D eigenvalue weighted by molar-refractivity contribution is 5.82. The van der Waals surface area contributed by atoms with E-state index in [9.17, 15) is 13.6 Å². The average Bonchev–Trinajstić information content (AvgIpc) is 2.93.